The van der Waals surface area contributed by atoms with Gasteiger partial charge >= 0.3 is 0 Å². The summed E-state index contributed by atoms with van der Waals surface area (Å²) in [6, 6.07) is 66.0. The lowest BCUT2D eigenvalue weighted by atomic mass is 9.95. The third-order valence-electron chi connectivity index (χ3n) is 11.3. The third-order valence-corrected chi connectivity index (χ3v) is 12.4. The van der Waals surface area contributed by atoms with E-state index in [2.05, 4.69) is 152 Å². The lowest BCUT2D eigenvalue weighted by molar-refractivity contribution is 0.669. The van der Waals surface area contributed by atoms with E-state index in [1.165, 1.54) is 41.9 Å². The van der Waals surface area contributed by atoms with Crippen molar-refractivity contribution >= 4 is 75.1 Å². The third kappa shape index (κ3) is 5.25. The van der Waals surface area contributed by atoms with E-state index >= 15 is 0 Å². The van der Waals surface area contributed by atoms with Gasteiger partial charge in [0.25, 0.3) is 0 Å². The van der Waals surface area contributed by atoms with E-state index in [1.54, 1.807) is 0 Å². The number of thiophene rings is 1. The van der Waals surface area contributed by atoms with Crippen LogP contribution in [-0.2, 0) is 0 Å². The van der Waals surface area contributed by atoms with E-state index in [4.69, 9.17) is 19.4 Å². The molecule has 0 fully saturated rings. The summed E-state index contributed by atoms with van der Waals surface area (Å²) in [4.78, 5) is 15.5. The fourth-order valence-corrected chi connectivity index (χ4v) is 9.63. The maximum absolute atomic E-state index is 6.43. The second-order valence-corrected chi connectivity index (χ2v) is 15.8. The average molecular weight is 758 g/mol. The maximum Gasteiger partial charge on any atom is 0.164 e. The zero-order chi connectivity index (χ0) is 38.2. The molecule has 0 aliphatic heterocycles. The van der Waals surface area contributed by atoms with Gasteiger partial charge in [-0.05, 0) is 53.6 Å². The van der Waals surface area contributed by atoms with Crippen molar-refractivity contribution in [3.63, 3.8) is 0 Å². The smallest absolute Gasteiger partial charge is 0.164 e. The van der Waals surface area contributed by atoms with Gasteiger partial charge in [0.15, 0.2) is 5.82 Å². The van der Waals surface area contributed by atoms with Crippen molar-refractivity contribution in [2.75, 3.05) is 0 Å². The van der Waals surface area contributed by atoms with Gasteiger partial charge in [-0.3, -0.25) is 0 Å². The fraction of sp³-hybridized carbons (Fsp3) is 0. The number of rotatable bonds is 5. The molecule has 0 N–H and O–H groups in total. The van der Waals surface area contributed by atoms with Gasteiger partial charge in [0.05, 0.1) is 28.2 Å². The van der Waals surface area contributed by atoms with Gasteiger partial charge in [0, 0.05) is 63.8 Å². The number of nitrogens with zero attached hydrogens (tertiary/aromatic N) is 3. The minimum absolute atomic E-state index is 0.630. The van der Waals surface area contributed by atoms with Gasteiger partial charge in [0.1, 0.15) is 11.2 Å². The zero-order valence-corrected chi connectivity index (χ0v) is 31.9. The van der Waals surface area contributed by atoms with Crippen LogP contribution in [0.3, 0.4) is 0 Å². The molecule has 0 aliphatic rings. The normalized spacial score (nSPS) is 11.8. The molecule has 0 spiro atoms. The van der Waals surface area contributed by atoms with Crippen LogP contribution in [0.25, 0.3) is 120 Å². The Hall–Kier alpha value is -7.47. The van der Waals surface area contributed by atoms with Crippen LogP contribution in [-0.4, -0.2) is 15.0 Å². The highest BCUT2D eigenvalue weighted by Gasteiger charge is 2.19. The first-order valence-corrected chi connectivity index (χ1v) is 20.2. The molecule has 0 saturated carbocycles. The van der Waals surface area contributed by atoms with E-state index < -0.39 is 0 Å². The topological polar surface area (TPSA) is 51.8 Å². The highest BCUT2D eigenvalue weighted by molar-refractivity contribution is 7.26. The molecule has 4 heterocycles. The Kier molecular flexibility index (Phi) is 7.37. The predicted molar refractivity (Wildman–Crippen MR) is 242 cm³/mol. The summed E-state index contributed by atoms with van der Waals surface area (Å²) >= 11 is 1.85. The Bertz CT molecular complexity index is 3550. The van der Waals surface area contributed by atoms with Crippen LogP contribution in [0, 0.1) is 0 Å². The fourth-order valence-electron chi connectivity index (χ4n) is 8.53. The predicted octanol–water partition coefficient (Wildman–Crippen LogP) is 14.8. The second-order valence-electron chi connectivity index (χ2n) is 14.7. The molecule has 0 atom stereocenters. The average Bonchev–Trinajstić information content (AvgIpc) is 3.87. The van der Waals surface area contributed by atoms with E-state index in [0.717, 1.165) is 72.4 Å². The molecule has 12 rings (SSSR count). The maximum atomic E-state index is 6.43. The molecule has 58 heavy (non-hydrogen) atoms. The summed E-state index contributed by atoms with van der Waals surface area (Å²) in [5, 5.41) is 8.28. The van der Waals surface area contributed by atoms with Gasteiger partial charge < -0.3 is 4.42 Å². The zero-order valence-electron chi connectivity index (χ0n) is 31.1. The first kappa shape index (κ1) is 32.7. The van der Waals surface area contributed by atoms with Gasteiger partial charge in [-0.2, -0.15) is 0 Å². The van der Waals surface area contributed by atoms with Crippen molar-refractivity contribution in [1.82, 2.24) is 15.0 Å². The minimum atomic E-state index is 0.630. The first-order valence-electron chi connectivity index (χ1n) is 19.4. The molecular formula is C53H31N3OS. The molecular weight excluding hydrogens is 727 g/mol. The highest BCUT2D eigenvalue weighted by Crippen LogP contribution is 2.45. The summed E-state index contributed by atoms with van der Waals surface area (Å²) in [6.45, 7) is 0. The molecule has 4 aromatic heterocycles. The molecule has 0 bridgehead atoms. The minimum Gasteiger partial charge on any atom is -0.455 e. The molecule has 4 nitrogen and oxygen atoms in total. The molecule has 0 aliphatic carbocycles. The van der Waals surface area contributed by atoms with Crippen molar-refractivity contribution in [2.24, 2.45) is 0 Å². The number of fused-ring (bicyclic) bond motifs is 10. The van der Waals surface area contributed by atoms with Crippen LogP contribution in [0.2, 0.25) is 0 Å². The van der Waals surface area contributed by atoms with E-state index in [-0.39, 0.29) is 0 Å². The summed E-state index contributed by atoms with van der Waals surface area (Å²) in [6.07, 6.45) is 0. The molecule has 12 aromatic rings. The Morgan fingerprint density at radius 2 is 1.02 bits per heavy atom. The first-order chi connectivity index (χ1) is 28.7. The number of para-hydroxylation sites is 3. The van der Waals surface area contributed by atoms with Gasteiger partial charge in [-0.1, -0.05) is 146 Å². The number of benzene rings is 8. The van der Waals surface area contributed by atoms with Crippen molar-refractivity contribution in [3.8, 4) is 56.3 Å². The number of hydrogen-bond acceptors (Lipinski definition) is 5. The molecule has 0 saturated heterocycles. The van der Waals surface area contributed by atoms with Crippen molar-refractivity contribution in [3.05, 3.63) is 188 Å². The summed E-state index contributed by atoms with van der Waals surface area (Å²) in [5.74, 6) is 0.630. The molecule has 0 unspecified atom stereocenters. The lowest BCUT2D eigenvalue weighted by Gasteiger charge is -2.12. The number of furan rings is 1. The SMILES string of the molecule is c1ccc(-c2cc(-c3ccc(-c4ccc5sc6ccc7c(-c8ccccc8)nc8ccccc8c7c6c5c4)cc3)nc(-c3cccc4c3oc3ccccc34)n2)cc1. The van der Waals surface area contributed by atoms with Crippen LogP contribution < -0.4 is 0 Å². The van der Waals surface area contributed by atoms with Crippen LogP contribution in [0.4, 0.5) is 0 Å². The van der Waals surface area contributed by atoms with Crippen LogP contribution >= 0.6 is 11.3 Å². The number of aromatic nitrogens is 3. The van der Waals surface area contributed by atoms with E-state index in [1.807, 2.05) is 47.7 Å². The molecule has 0 amide bonds. The van der Waals surface area contributed by atoms with Crippen molar-refractivity contribution < 1.29 is 4.42 Å². The second kappa shape index (κ2) is 13.1. The summed E-state index contributed by atoms with van der Waals surface area (Å²) < 4.78 is 8.98. The van der Waals surface area contributed by atoms with Crippen molar-refractivity contribution in [2.45, 2.75) is 0 Å². The molecule has 270 valence electrons. The quantitative estimate of drug-likeness (QED) is 0.164. The lowest BCUT2D eigenvalue weighted by Crippen LogP contribution is -1.96. The standard InChI is InChI=1S/C53H31N3OS/c1-3-12-33(13-4-1)44-31-45(56-53(55-44)41-19-11-18-38-37-16-8-10-21-46(37)57-52(38)41)34-24-22-32(23-25-34)36-26-28-47-42(30-36)50-48(58-47)29-27-40-49(50)39-17-7-9-20-43(39)54-51(40)35-14-5-2-6-15-35/h1-31H. The van der Waals surface area contributed by atoms with E-state index in [0.29, 0.717) is 5.82 Å². The Morgan fingerprint density at radius 3 is 1.83 bits per heavy atom. The molecule has 0 radical (unpaired) electrons. The largest absolute Gasteiger partial charge is 0.455 e. The van der Waals surface area contributed by atoms with E-state index in [9.17, 15) is 0 Å². The van der Waals surface area contributed by atoms with Crippen LogP contribution in [0.5, 0.6) is 0 Å². The Balaban J connectivity index is 0.995. The monoisotopic (exact) mass is 757 g/mol. The highest BCUT2D eigenvalue weighted by atomic mass is 32.1. The summed E-state index contributed by atoms with van der Waals surface area (Å²) in [7, 11) is 0. The van der Waals surface area contributed by atoms with Crippen LogP contribution in [0.15, 0.2) is 192 Å². The van der Waals surface area contributed by atoms with Crippen molar-refractivity contribution in [1.29, 1.82) is 0 Å². The van der Waals surface area contributed by atoms with Crippen LogP contribution in [0.1, 0.15) is 0 Å². The van der Waals surface area contributed by atoms with Gasteiger partial charge in [-0.15, -0.1) is 11.3 Å². The van der Waals surface area contributed by atoms with Gasteiger partial charge in [-0.25, -0.2) is 15.0 Å². The molecule has 5 heteroatoms. The molecule has 8 aromatic carbocycles. The number of hydrogen-bond donors (Lipinski definition) is 0. The summed E-state index contributed by atoms with van der Waals surface area (Å²) in [5.41, 5.74) is 11.7. The van der Waals surface area contributed by atoms with Gasteiger partial charge in [0.2, 0.25) is 0 Å². The Labute approximate surface area is 337 Å². The number of pyridine rings is 1. The Morgan fingerprint density at radius 1 is 0.379 bits per heavy atom.